The molecule has 0 rings (SSSR count). The molecule has 0 aromatic heterocycles. The van der Waals surface area contributed by atoms with E-state index in [1.54, 1.807) is 0 Å². The fraction of sp³-hybridized carbons (Fsp3) is 0.750. The van der Waals surface area contributed by atoms with Crippen LogP contribution >= 0.6 is 48.5 Å². The van der Waals surface area contributed by atoms with Crippen molar-refractivity contribution in [3.63, 3.8) is 0 Å². The topological polar surface area (TPSA) is 26.3 Å². The highest BCUT2D eigenvalue weighted by Crippen LogP contribution is 2.06. The molecule has 0 aromatic rings. The highest BCUT2D eigenvalue weighted by Gasteiger charge is 2.11. The van der Waals surface area contributed by atoms with Crippen molar-refractivity contribution in [3.8, 4) is 0 Å². The van der Waals surface area contributed by atoms with Gasteiger partial charge in [0.2, 0.25) is 0 Å². The zero-order valence-corrected chi connectivity index (χ0v) is 8.13. The van der Waals surface area contributed by atoms with Crippen LogP contribution in [0, 0.1) is 0 Å². The molecule has 0 atom stereocenters. The minimum Gasteiger partial charge on any atom is -0.461 e. The molecule has 2 nitrogen and oxygen atoms in total. The number of ether oxygens (including phenoxy) is 1. The molecular weight excluding hydrogens is 215 g/mol. The first-order chi connectivity index (χ1) is 4.54. The van der Waals surface area contributed by atoms with E-state index in [0.717, 1.165) is 0 Å². The summed E-state index contributed by atoms with van der Waals surface area (Å²) >= 11 is 17.9. The van der Waals surface area contributed by atoms with Gasteiger partial charge >= 0.3 is 5.97 Å². The van der Waals surface area contributed by atoms with Crippen LogP contribution in [0.4, 0.5) is 0 Å². The van der Waals surface area contributed by atoms with Gasteiger partial charge in [0, 0.05) is 0 Å². The Labute approximate surface area is 80.0 Å². The molecule has 0 aliphatic heterocycles. The second-order valence-electron chi connectivity index (χ2n) is 1.39. The van der Waals surface area contributed by atoms with Crippen LogP contribution in [-0.2, 0) is 9.53 Å². The number of halogens is 2. The van der Waals surface area contributed by atoms with E-state index in [-0.39, 0.29) is 6.61 Å². The fourth-order valence-corrected chi connectivity index (χ4v) is 0.495. The minimum absolute atomic E-state index is 0.0282. The van der Waals surface area contributed by atoms with Crippen molar-refractivity contribution < 1.29 is 9.53 Å². The third kappa shape index (κ3) is 5.53. The Bertz CT molecular complexity index is 118. The van der Waals surface area contributed by atoms with Crippen LogP contribution in [0.2, 0.25) is 0 Å². The van der Waals surface area contributed by atoms with Gasteiger partial charge in [-0.05, 0) is 0 Å². The first-order valence-corrected chi connectivity index (χ1v) is 4.25. The smallest absolute Gasteiger partial charge is 0.328 e. The van der Waals surface area contributed by atoms with E-state index in [4.69, 9.17) is 23.2 Å². The van der Waals surface area contributed by atoms with E-state index >= 15 is 0 Å². The molecule has 0 radical (unpaired) electrons. The molecule has 60 valence electrons. The molecule has 0 N–H and O–H groups in total. The Hall–Kier alpha value is 0.750. The van der Waals surface area contributed by atoms with Crippen molar-refractivity contribution in [2.24, 2.45) is 0 Å². The number of hydrogen-bond acceptors (Lipinski definition) is 4. The summed E-state index contributed by atoms with van der Waals surface area (Å²) in [5, 5.41) is 0. The molecule has 0 amide bonds. The van der Waals surface area contributed by atoms with Crippen LogP contribution in [0.5, 0.6) is 0 Å². The molecule has 0 bridgehead atoms. The molecule has 0 saturated carbocycles. The largest absolute Gasteiger partial charge is 0.461 e. The molecule has 0 aromatic carbocycles. The maximum Gasteiger partial charge on any atom is 0.328 e. The van der Waals surface area contributed by atoms with Gasteiger partial charge in [-0.1, -0.05) is 0 Å². The summed E-state index contributed by atoms with van der Waals surface area (Å²) in [4.78, 5) is 9.86. The first kappa shape index (κ1) is 10.8. The van der Waals surface area contributed by atoms with Gasteiger partial charge in [0.25, 0.3) is 0 Å². The number of carbonyl (C=O) groups excluding carboxylic acids is 1. The lowest BCUT2D eigenvalue weighted by molar-refractivity contribution is -0.140. The van der Waals surface area contributed by atoms with Gasteiger partial charge in [0.05, 0.1) is 0 Å². The van der Waals surface area contributed by atoms with Crippen molar-refractivity contribution >= 4 is 54.4 Å². The van der Waals surface area contributed by atoms with Gasteiger partial charge < -0.3 is 4.74 Å². The van der Waals surface area contributed by atoms with Crippen molar-refractivity contribution in [2.75, 3.05) is 6.61 Å². The molecule has 0 aliphatic rings. The van der Waals surface area contributed by atoms with Crippen LogP contribution in [0.3, 0.4) is 0 Å². The van der Waals surface area contributed by atoms with E-state index in [1.165, 1.54) is 0 Å². The van der Waals surface area contributed by atoms with Gasteiger partial charge in [0.15, 0.2) is 0 Å². The molecule has 6 heteroatoms. The number of thiol groups is 2. The number of alkyl halides is 2. The zero-order valence-electron chi connectivity index (χ0n) is 4.83. The van der Waals surface area contributed by atoms with E-state index in [0.29, 0.717) is 0 Å². The van der Waals surface area contributed by atoms with Gasteiger partial charge in [-0.3, -0.25) is 0 Å². The standard InChI is InChI=1S/C4H6Cl2O2S2/c5-2(6)1-8-3(7)4(9)10/h2,4,9-10H,1H2. The second-order valence-corrected chi connectivity index (χ2v) is 4.11. The van der Waals surface area contributed by atoms with Crippen molar-refractivity contribution in [1.29, 1.82) is 0 Å². The summed E-state index contributed by atoms with van der Waals surface area (Å²) in [6.45, 7) is -0.0282. The summed E-state index contributed by atoms with van der Waals surface area (Å²) in [5.41, 5.74) is 0. The van der Waals surface area contributed by atoms with Gasteiger partial charge in [0.1, 0.15) is 16.0 Å². The van der Waals surface area contributed by atoms with E-state index in [9.17, 15) is 4.79 Å². The van der Waals surface area contributed by atoms with Crippen molar-refractivity contribution in [1.82, 2.24) is 0 Å². The van der Waals surface area contributed by atoms with Crippen LogP contribution in [0.25, 0.3) is 0 Å². The maximum absolute atomic E-state index is 10.6. The average Bonchev–Trinajstić information content (AvgIpc) is 1.82. The molecule has 0 aliphatic carbocycles. The molecule has 10 heavy (non-hydrogen) atoms. The van der Waals surface area contributed by atoms with Crippen molar-refractivity contribution in [3.05, 3.63) is 0 Å². The molecule has 0 spiro atoms. The van der Waals surface area contributed by atoms with E-state index < -0.39 is 15.4 Å². The Kier molecular flexibility index (Phi) is 5.81. The predicted octanol–water partition coefficient (Wildman–Crippen LogP) is 1.52. The Balaban J connectivity index is 3.40. The Morgan fingerprint density at radius 1 is 1.50 bits per heavy atom. The van der Waals surface area contributed by atoms with E-state index in [1.807, 2.05) is 0 Å². The fourth-order valence-electron chi connectivity index (χ4n) is 0.220. The van der Waals surface area contributed by atoms with Crippen LogP contribution in [-0.4, -0.2) is 22.0 Å². The minimum atomic E-state index is -0.730. The summed E-state index contributed by atoms with van der Waals surface area (Å²) in [6, 6.07) is 0. The predicted molar refractivity (Wildman–Crippen MR) is 48.2 cm³/mol. The highest BCUT2D eigenvalue weighted by atomic mass is 35.5. The SMILES string of the molecule is O=C(OCC(Cl)Cl)C(S)S. The molecule has 0 fully saturated rings. The quantitative estimate of drug-likeness (QED) is 0.327. The average molecular weight is 221 g/mol. The van der Waals surface area contributed by atoms with Gasteiger partial charge in [-0.25, -0.2) is 4.79 Å². The summed E-state index contributed by atoms with van der Waals surface area (Å²) in [5.74, 6) is -0.544. The molecule has 0 unspecified atom stereocenters. The zero-order chi connectivity index (χ0) is 8.15. The summed E-state index contributed by atoms with van der Waals surface area (Å²) in [7, 11) is 0. The summed E-state index contributed by atoms with van der Waals surface area (Å²) in [6.07, 6.45) is 0. The maximum atomic E-state index is 10.6. The second kappa shape index (κ2) is 5.41. The monoisotopic (exact) mass is 220 g/mol. The highest BCUT2D eigenvalue weighted by molar-refractivity contribution is 8.00. The number of rotatable bonds is 3. The lowest BCUT2D eigenvalue weighted by Crippen LogP contribution is -2.15. The number of esters is 1. The third-order valence-corrected chi connectivity index (χ3v) is 1.24. The lowest BCUT2D eigenvalue weighted by Gasteiger charge is -2.05. The normalized spacial score (nSPS) is 10.6. The first-order valence-electron chi connectivity index (χ1n) is 2.35. The van der Waals surface area contributed by atoms with Crippen LogP contribution in [0.15, 0.2) is 0 Å². The number of carbonyl (C=O) groups is 1. The van der Waals surface area contributed by atoms with Crippen molar-refractivity contribution in [2.45, 2.75) is 9.42 Å². The number of hydrogen-bond donors (Lipinski definition) is 2. The Morgan fingerprint density at radius 3 is 2.30 bits per heavy atom. The molecule has 0 saturated heterocycles. The van der Waals surface area contributed by atoms with Gasteiger partial charge in [-0.2, -0.15) is 25.3 Å². The van der Waals surface area contributed by atoms with E-state index in [2.05, 4.69) is 30.0 Å². The lowest BCUT2D eigenvalue weighted by atomic mass is 10.7. The third-order valence-electron chi connectivity index (χ3n) is 0.562. The molecular formula is C4H6Cl2O2S2. The van der Waals surface area contributed by atoms with Gasteiger partial charge in [-0.15, -0.1) is 23.2 Å². The molecule has 0 heterocycles. The Morgan fingerprint density at radius 2 is 2.00 bits per heavy atom. The summed E-state index contributed by atoms with van der Waals surface area (Å²) < 4.78 is 3.78. The van der Waals surface area contributed by atoms with Crippen LogP contribution < -0.4 is 0 Å². The van der Waals surface area contributed by atoms with Crippen LogP contribution in [0.1, 0.15) is 0 Å².